The summed E-state index contributed by atoms with van der Waals surface area (Å²) in [5.41, 5.74) is 0.802. The number of hydrogen-bond donors (Lipinski definition) is 2. The van der Waals surface area contributed by atoms with E-state index in [-0.39, 0.29) is 30.2 Å². The van der Waals surface area contributed by atoms with Crippen molar-refractivity contribution in [3.8, 4) is 0 Å². The van der Waals surface area contributed by atoms with E-state index >= 15 is 0 Å². The van der Waals surface area contributed by atoms with Gasteiger partial charge in [-0.05, 0) is 30.5 Å². The Hall–Kier alpha value is -1.02. The summed E-state index contributed by atoms with van der Waals surface area (Å²) in [6.45, 7) is 0.604. The van der Waals surface area contributed by atoms with Crippen molar-refractivity contribution in [1.29, 1.82) is 0 Å². The van der Waals surface area contributed by atoms with Gasteiger partial charge in [-0.1, -0.05) is 29.3 Å². The molecule has 6 nitrogen and oxygen atoms in total. The Labute approximate surface area is 151 Å². The third-order valence-corrected chi connectivity index (χ3v) is 6.30. The lowest BCUT2D eigenvalue weighted by molar-refractivity contribution is 0.183. The Morgan fingerprint density at radius 1 is 1.33 bits per heavy atom. The Balaban J connectivity index is 2.03. The van der Waals surface area contributed by atoms with Gasteiger partial charge in [0.2, 0.25) is 0 Å². The third-order valence-electron chi connectivity index (χ3n) is 3.79. The zero-order valence-corrected chi connectivity index (χ0v) is 15.4. The Kier molecular flexibility index (Phi) is 6.74. The van der Waals surface area contributed by atoms with Gasteiger partial charge in [-0.3, -0.25) is 0 Å². The molecule has 1 heterocycles. The number of halogens is 2. The normalized spacial score (nSPS) is 19.2. The minimum absolute atomic E-state index is 0.0284. The van der Waals surface area contributed by atoms with E-state index in [1.807, 2.05) is 0 Å². The molecular weight excluding hydrogens is 375 g/mol. The average molecular weight is 395 g/mol. The SMILES string of the molecule is O=C(N[C@H]1CCS(=O)(=O)C1)N(CCCO)Cc1ccc(Cl)c(Cl)c1. The van der Waals surface area contributed by atoms with Gasteiger partial charge < -0.3 is 15.3 Å². The fourth-order valence-corrected chi connectivity index (χ4v) is 4.54. The Bertz CT molecular complexity index is 697. The van der Waals surface area contributed by atoms with Gasteiger partial charge in [0.15, 0.2) is 9.84 Å². The van der Waals surface area contributed by atoms with E-state index in [9.17, 15) is 13.2 Å². The number of sulfone groups is 1. The van der Waals surface area contributed by atoms with Gasteiger partial charge >= 0.3 is 6.03 Å². The number of benzene rings is 1. The van der Waals surface area contributed by atoms with Gasteiger partial charge in [0.25, 0.3) is 0 Å². The minimum atomic E-state index is -3.06. The third kappa shape index (κ3) is 5.51. The monoisotopic (exact) mass is 394 g/mol. The molecule has 1 aliphatic rings. The van der Waals surface area contributed by atoms with Crippen LogP contribution >= 0.6 is 23.2 Å². The van der Waals surface area contributed by atoms with Crippen molar-refractivity contribution < 1.29 is 18.3 Å². The highest BCUT2D eigenvalue weighted by atomic mass is 35.5. The predicted molar refractivity (Wildman–Crippen MR) is 94.2 cm³/mol. The second kappa shape index (κ2) is 8.38. The summed E-state index contributed by atoms with van der Waals surface area (Å²) < 4.78 is 23.0. The molecule has 0 aromatic heterocycles. The number of aliphatic hydroxyl groups is 1. The maximum Gasteiger partial charge on any atom is 0.317 e. The number of aliphatic hydroxyl groups excluding tert-OH is 1. The molecule has 0 radical (unpaired) electrons. The van der Waals surface area contributed by atoms with Crippen molar-refractivity contribution in [2.75, 3.05) is 24.7 Å². The van der Waals surface area contributed by atoms with Crippen molar-refractivity contribution in [3.63, 3.8) is 0 Å². The van der Waals surface area contributed by atoms with Crippen molar-refractivity contribution in [1.82, 2.24) is 10.2 Å². The highest BCUT2D eigenvalue weighted by Gasteiger charge is 2.30. The summed E-state index contributed by atoms with van der Waals surface area (Å²) in [7, 11) is -3.06. The fraction of sp³-hybridized carbons (Fsp3) is 0.533. The molecule has 0 saturated carbocycles. The lowest BCUT2D eigenvalue weighted by atomic mass is 10.2. The molecular formula is C15H20Cl2N2O4S. The van der Waals surface area contributed by atoms with Crippen molar-refractivity contribution in [2.45, 2.75) is 25.4 Å². The number of hydrogen-bond acceptors (Lipinski definition) is 4. The molecule has 0 bridgehead atoms. The molecule has 1 fully saturated rings. The van der Waals surface area contributed by atoms with E-state index in [1.165, 1.54) is 4.90 Å². The first-order valence-corrected chi connectivity index (χ1v) is 10.2. The number of carbonyl (C=O) groups is 1. The molecule has 9 heteroatoms. The highest BCUT2D eigenvalue weighted by Crippen LogP contribution is 2.23. The summed E-state index contributed by atoms with van der Waals surface area (Å²) in [5.74, 6) is 0.0702. The molecule has 1 saturated heterocycles. The molecule has 134 valence electrons. The Morgan fingerprint density at radius 3 is 2.67 bits per heavy atom. The molecule has 2 rings (SSSR count). The summed E-state index contributed by atoms with van der Waals surface area (Å²) in [4.78, 5) is 14.0. The van der Waals surface area contributed by atoms with Crippen LogP contribution in [0.25, 0.3) is 0 Å². The number of urea groups is 1. The highest BCUT2D eigenvalue weighted by molar-refractivity contribution is 7.91. The van der Waals surface area contributed by atoms with Gasteiger partial charge in [0.1, 0.15) is 0 Å². The van der Waals surface area contributed by atoms with Crippen LogP contribution in [0, 0.1) is 0 Å². The summed E-state index contributed by atoms with van der Waals surface area (Å²) in [6, 6.07) is 4.39. The van der Waals surface area contributed by atoms with E-state index < -0.39 is 9.84 Å². The summed E-state index contributed by atoms with van der Waals surface area (Å²) >= 11 is 11.9. The van der Waals surface area contributed by atoms with Crippen LogP contribution in [0.5, 0.6) is 0 Å². The molecule has 2 amide bonds. The second-order valence-corrected chi connectivity index (χ2v) is 8.84. The van der Waals surface area contributed by atoms with Crippen LogP contribution in [-0.2, 0) is 16.4 Å². The van der Waals surface area contributed by atoms with Crippen LogP contribution in [0.15, 0.2) is 18.2 Å². The number of nitrogens with one attached hydrogen (secondary N) is 1. The molecule has 2 N–H and O–H groups in total. The smallest absolute Gasteiger partial charge is 0.317 e. The van der Waals surface area contributed by atoms with Crippen LogP contribution < -0.4 is 5.32 Å². The summed E-state index contributed by atoms with van der Waals surface area (Å²) in [5, 5.41) is 12.6. The van der Waals surface area contributed by atoms with Gasteiger partial charge in [-0.25, -0.2) is 13.2 Å². The second-order valence-electron chi connectivity index (χ2n) is 5.80. The first kappa shape index (κ1) is 19.3. The van der Waals surface area contributed by atoms with Crippen LogP contribution in [0.4, 0.5) is 4.79 Å². The lowest BCUT2D eigenvalue weighted by Crippen LogP contribution is -2.45. The number of amides is 2. The molecule has 1 aromatic carbocycles. The van der Waals surface area contributed by atoms with Crippen molar-refractivity contribution in [3.05, 3.63) is 33.8 Å². The average Bonchev–Trinajstić information content (AvgIpc) is 2.85. The quantitative estimate of drug-likeness (QED) is 0.772. The van der Waals surface area contributed by atoms with Gasteiger partial charge in [-0.2, -0.15) is 0 Å². The minimum Gasteiger partial charge on any atom is -0.396 e. The van der Waals surface area contributed by atoms with Gasteiger partial charge in [-0.15, -0.1) is 0 Å². The molecule has 1 aromatic rings. The van der Waals surface area contributed by atoms with Crippen LogP contribution in [0.3, 0.4) is 0 Å². The maximum atomic E-state index is 12.5. The van der Waals surface area contributed by atoms with E-state index in [0.717, 1.165) is 5.56 Å². The number of rotatable bonds is 6. The van der Waals surface area contributed by atoms with Crippen molar-refractivity contribution >= 4 is 39.1 Å². The molecule has 0 spiro atoms. The van der Waals surface area contributed by atoms with Crippen LogP contribution in [-0.4, -0.2) is 55.2 Å². The summed E-state index contributed by atoms with van der Waals surface area (Å²) in [6.07, 6.45) is 0.854. The van der Waals surface area contributed by atoms with Crippen LogP contribution in [0.1, 0.15) is 18.4 Å². The molecule has 24 heavy (non-hydrogen) atoms. The molecule has 1 atom stereocenters. The predicted octanol–water partition coefficient (Wildman–Crippen LogP) is 2.07. The lowest BCUT2D eigenvalue weighted by Gasteiger charge is -2.25. The first-order chi connectivity index (χ1) is 11.3. The molecule has 0 unspecified atom stereocenters. The zero-order valence-electron chi connectivity index (χ0n) is 13.0. The Morgan fingerprint density at radius 2 is 2.08 bits per heavy atom. The van der Waals surface area contributed by atoms with E-state index in [2.05, 4.69) is 5.32 Å². The van der Waals surface area contributed by atoms with Gasteiger partial charge in [0.05, 0.1) is 21.6 Å². The fourth-order valence-electron chi connectivity index (χ4n) is 2.55. The van der Waals surface area contributed by atoms with E-state index in [0.29, 0.717) is 36.0 Å². The molecule has 1 aliphatic heterocycles. The zero-order chi connectivity index (χ0) is 17.7. The van der Waals surface area contributed by atoms with E-state index in [4.69, 9.17) is 28.3 Å². The molecule has 0 aliphatic carbocycles. The topological polar surface area (TPSA) is 86.7 Å². The number of carbonyl (C=O) groups excluding carboxylic acids is 1. The van der Waals surface area contributed by atoms with E-state index in [1.54, 1.807) is 18.2 Å². The largest absolute Gasteiger partial charge is 0.396 e. The van der Waals surface area contributed by atoms with Crippen LogP contribution in [0.2, 0.25) is 10.0 Å². The van der Waals surface area contributed by atoms with Gasteiger partial charge in [0, 0.05) is 25.7 Å². The maximum absolute atomic E-state index is 12.5. The number of nitrogens with zero attached hydrogens (tertiary/aromatic N) is 1. The van der Waals surface area contributed by atoms with Crippen molar-refractivity contribution in [2.24, 2.45) is 0 Å². The standard InChI is InChI=1S/C15H20Cl2N2O4S/c16-13-3-2-11(8-14(13)17)9-19(5-1-6-20)15(21)18-12-4-7-24(22,23)10-12/h2-3,8,12,20H,1,4-7,9-10H2,(H,18,21)/t12-/m0/s1. The first-order valence-electron chi connectivity index (χ1n) is 7.61.